The number of carbonyl (C=O) groups excluding carboxylic acids is 1. The van der Waals surface area contributed by atoms with Gasteiger partial charge in [0.15, 0.2) is 5.78 Å². The minimum Gasteiger partial charge on any atom is -0.378 e. The second kappa shape index (κ2) is 10.4. The van der Waals surface area contributed by atoms with Crippen LogP contribution in [0.15, 0.2) is 24.3 Å². The molecule has 21 heavy (non-hydrogen) atoms. The van der Waals surface area contributed by atoms with E-state index in [0.29, 0.717) is 6.42 Å². The minimum atomic E-state index is 0.284. The summed E-state index contributed by atoms with van der Waals surface area (Å²) >= 11 is 0. The average Bonchev–Trinajstić information content (AvgIpc) is 2.49. The maximum absolute atomic E-state index is 12.1. The van der Waals surface area contributed by atoms with Crippen LogP contribution in [-0.2, 0) is 0 Å². The van der Waals surface area contributed by atoms with Crippen molar-refractivity contribution in [2.45, 2.75) is 64.7 Å². The predicted molar refractivity (Wildman–Crippen MR) is 92.3 cm³/mol. The summed E-state index contributed by atoms with van der Waals surface area (Å²) in [4.78, 5) is 14.1. The van der Waals surface area contributed by atoms with Crippen molar-refractivity contribution in [1.29, 1.82) is 0 Å². The molecule has 0 atom stereocenters. The maximum atomic E-state index is 12.1. The van der Waals surface area contributed by atoms with Gasteiger partial charge in [-0.15, -0.1) is 0 Å². The van der Waals surface area contributed by atoms with Gasteiger partial charge in [0.05, 0.1) is 0 Å². The van der Waals surface area contributed by atoms with Crippen molar-refractivity contribution in [2.24, 2.45) is 0 Å². The molecule has 0 heterocycles. The number of nitrogens with zero attached hydrogens (tertiary/aromatic N) is 1. The number of unbranched alkanes of at least 4 members (excludes halogenated alkanes) is 7. The molecule has 0 aliphatic rings. The topological polar surface area (TPSA) is 20.3 Å². The molecule has 118 valence electrons. The van der Waals surface area contributed by atoms with E-state index >= 15 is 0 Å². The summed E-state index contributed by atoms with van der Waals surface area (Å²) in [5.41, 5.74) is 1.99. The van der Waals surface area contributed by atoms with E-state index in [9.17, 15) is 4.79 Å². The molecule has 0 aliphatic heterocycles. The molecule has 1 aromatic carbocycles. The summed E-state index contributed by atoms with van der Waals surface area (Å²) in [5.74, 6) is 0.284. The number of ketones is 1. The van der Waals surface area contributed by atoms with Crippen molar-refractivity contribution in [1.82, 2.24) is 0 Å². The van der Waals surface area contributed by atoms with Crippen LogP contribution < -0.4 is 4.90 Å². The van der Waals surface area contributed by atoms with Gasteiger partial charge >= 0.3 is 0 Å². The minimum absolute atomic E-state index is 0.284. The predicted octanol–water partition coefficient (Wildman–Crippen LogP) is 5.47. The van der Waals surface area contributed by atoms with Crippen LogP contribution >= 0.6 is 0 Å². The molecular formula is C19H31NO. The fourth-order valence-electron chi connectivity index (χ4n) is 2.51. The van der Waals surface area contributed by atoms with Gasteiger partial charge in [0.25, 0.3) is 0 Å². The molecule has 0 saturated heterocycles. The monoisotopic (exact) mass is 289 g/mol. The summed E-state index contributed by atoms with van der Waals surface area (Å²) in [7, 11) is 4.02. The van der Waals surface area contributed by atoms with Gasteiger partial charge in [-0.05, 0) is 30.7 Å². The van der Waals surface area contributed by atoms with E-state index < -0.39 is 0 Å². The lowest BCUT2D eigenvalue weighted by Crippen LogP contribution is -2.08. The van der Waals surface area contributed by atoms with Gasteiger partial charge in [0, 0.05) is 31.8 Å². The molecule has 0 aliphatic carbocycles. The molecule has 1 rings (SSSR count). The zero-order valence-electron chi connectivity index (χ0n) is 14.0. The van der Waals surface area contributed by atoms with Crippen LogP contribution in [0.5, 0.6) is 0 Å². The number of rotatable bonds is 11. The van der Waals surface area contributed by atoms with Crippen LogP contribution in [0, 0.1) is 0 Å². The van der Waals surface area contributed by atoms with Gasteiger partial charge in [0.2, 0.25) is 0 Å². The summed E-state index contributed by atoms with van der Waals surface area (Å²) in [6.45, 7) is 2.25. The van der Waals surface area contributed by atoms with Gasteiger partial charge in [-0.3, -0.25) is 4.79 Å². The zero-order chi connectivity index (χ0) is 15.5. The highest BCUT2D eigenvalue weighted by Crippen LogP contribution is 2.15. The van der Waals surface area contributed by atoms with Crippen LogP contribution in [0.3, 0.4) is 0 Å². The van der Waals surface area contributed by atoms with Crippen molar-refractivity contribution < 1.29 is 4.79 Å². The molecule has 0 N–H and O–H groups in total. The van der Waals surface area contributed by atoms with Gasteiger partial charge < -0.3 is 4.90 Å². The van der Waals surface area contributed by atoms with Crippen molar-refractivity contribution >= 4 is 11.5 Å². The first-order valence-corrected chi connectivity index (χ1v) is 8.45. The number of anilines is 1. The Bertz CT molecular complexity index is 395. The Morgan fingerprint density at radius 2 is 1.38 bits per heavy atom. The SMILES string of the molecule is CCCCCCCCCCC(=O)c1ccc(N(C)C)cc1. The molecule has 0 unspecified atom stereocenters. The molecule has 0 fully saturated rings. The third kappa shape index (κ3) is 7.31. The van der Waals surface area contributed by atoms with Crippen LogP contribution in [-0.4, -0.2) is 19.9 Å². The molecule has 0 saturated carbocycles. The summed E-state index contributed by atoms with van der Waals surface area (Å²) < 4.78 is 0. The van der Waals surface area contributed by atoms with Gasteiger partial charge in [-0.1, -0.05) is 51.9 Å². The number of carbonyl (C=O) groups is 1. The number of benzene rings is 1. The Morgan fingerprint density at radius 3 is 1.90 bits per heavy atom. The van der Waals surface area contributed by atoms with Gasteiger partial charge in [-0.2, -0.15) is 0 Å². The first-order valence-electron chi connectivity index (χ1n) is 8.45. The van der Waals surface area contributed by atoms with Crippen molar-refractivity contribution in [3.05, 3.63) is 29.8 Å². The molecule has 0 amide bonds. The zero-order valence-corrected chi connectivity index (χ0v) is 14.0. The number of Topliss-reactive ketones (excluding diaryl/α,β-unsaturated/α-hetero) is 1. The fourth-order valence-corrected chi connectivity index (χ4v) is 2.51. The Labute approximate surface area is 130 Å². The highest BCUT2D eigenvalue weighted by molar-refractivity contribution is 5.96. The largest absolute Gasteiger partial charge is 0.378 e. The lowest BCUT2D eigenvalue weighted by Gasteiger charge is -2.12. The first kappa shape index (κ1) is 17.7. The Balaban J connectivity index is 2.16. The molecule has 0 bridgehead atoms. The fraction of sp³-hybridized carbons (Fsp3) is 0.632. The molecule has 2 heteroatoms. The van der Waals surface area contributed by atoms with Crippen LogP contribution in [0.2, 0.25) is 0 Å². The van der Waals surface area contributed by atoms with E-state index in [1.54, 1.807) is 0 Å². The molecule has 1 aromatic rings. The normalized spacial score (nSPS) is 10.6. The van der Waals surface area contributed by atoms with E-state index in [1.165, 1.54) is 44.9 Å². The summed E-state index contributed by atoms with van der Waals surface area (Å²) in [5, 5.41) is 0. The quantitative estimate of drug-likeness (QED) is 0.398. The van der Waals surface area contributed by atoms with Gasteiger partial charge in [-0.25, -0.2) is 0 Å². The lowest BCUT2D eigenvalue weighted by molar-refractivity contribution is 0.0979. The Hall–Kier alpha value is -1.31. The maximum Gasteiger partial charge on any atom is 0.162 e. The number of hydrogen-bond donors (Lipinski definition) is 0. The molecule has 0 radical (unpaired) electrons. The second-order valence-corrected chi connectivity index (χ2v) is 6.09. The highest BCUT2D eigenvalue weighted by Gasteiger charge is 2.05. The van der Waals surface area contributed by atoms with Crippen molar-refractivity contribution in [3.8, 4) is 0 Å². The van der Waals surface area contributed by atoms with Gasteiger partial charge in [0.1, 0.15) is 0 Å². The number of hydrogen-bond acceptors (Lipinski definition) is 2. The van der Waals surface area contributed by atoms with E-state index in [2.05, 4.69) is 6.92 Å². The van der Waals surface area contributed by atoms with E-state index in [1.807, 2.05) is 43.3 Å². The molecule has 0 spiro atoms. The molecular weight excluding hydrogens is 258 g/mol. The Kier molecular flexibility index (Phi) is 8.80. The van der Waals surface area contributed by atoms with Crippen molar-refractivity contribution in [3.63, 3.8) is 0 Å². The summed E-state index contributed by atoms with van der Waals surface area (Å²) in [6.07, 6.45) is 10.9. The van der Waals surface area contributed by atoms with Crippen LogP contribution in [0.1, 0.15) is 75.1 Å². The standard InChI is InChI=1S/C19H31NO/c1-4-5-6-7-8-9-10-11-12-19(21)17-13-15-18(16-14-17)20(2)3/h13-16H,4-12H2,1-3H3. The van der Waals surface area contributed by atoms with E-state index in [4.69, 9.17) is 0 Å². The molecule has 0 aromatic heterocycles. The average molecular weight is 289 g/mol. The highest BCUT2D eigenvalue weighted by atomic mass is 16.1. The summed E-state index contributed by atoms with van der Waals surface area (Å²) in [6, 6.07) is 7.92. The third-order valence-corrected chi connectivity index (χ3v) is 3.96. The van der Waals surface area contributed by atoms with E-state index in [0.717, 1.165) is 17.7 Å². The smallest absolute Gasteiger partial charge is 0.162 e. The Morgan fingerprint density at radius 1 is 0.857 bits per heavy atom. The second-order valence-electron chi connectivity index (χ2n) is 6.09. The first-order chi connectivity index (χ1) is 10.1. The van der Waals surface area contributed by atoms with Crippen LogP contribution in [0.4, 0.5) is 5.69 Å². The van der Waals surface area contributed by atoms with E-state index in [-0.39, 0.29) is 5.78 Å². The molecule has 2 nitrogen and oxygen atoms in total. The van der Waals surface area contributed by atoms with Crippen molar-refractivity contribution in [2.75, 3.05) is 19.0 Å². The third-order valence-electron chi connectivity index (χ3n) is 3.96. The van der Waals surface area contributed by atoms with Crippen LogP contribution in [0.25, 0.3) is 0 Å². The lowest BCUT2D eigenvalue weighted by atomic mass is 10.0.